The van der Waals surface area contributed by atoms with Gasteiger partial charge in [0, 0.05) is 50.5 Å². The summed E-state index contributed by atoms with van der Waals surface area (Å²) in [7, 11) is 0. The summed E-state index contributed by atoms with van der Waals surface area (Å²) >= 11 is 0. The second kappa shape index (κ2) is 4.76. The van der Waals surface area contributed by atoms with Crippen molar-refractivity contribution in [1.29, 1.82) is 0 Å². The van der Waals surface area contributed by atoms with E-state index >= 15 is 0 Å². The fraction of sp³-hybridized carbons (Fsp3) is 0.357. The van der Waals surface area contributed by atoms with Gasteiger partial charge < -0.3 is 10.2 Å². The molecule has 0 bridgehead atoms. The number of carbonyl (C=O) groups excluding carboxylic acids is 1. The van der Waals surface area contributed by atoms with Crippen molar-refractivity contribution in [2.24, 2.45) is 0 Å². The molecule has 2 aromatic heterocycles. The van der Waals surface area contributed by atoms with Crippen molar-refractivity contribution in [3.05, 3.63) is 36.9 Å². The molecule has 4 rings (SSSR count). The van der Waals surface area contributed by atoms with E-state index in [2.05, 4.69) is 20.3 Å². The first-order chi connectivity index (χ1) is 10.3. The number of pyridine rings is 1. The lowest BCUT2D eigenvalue weighted by Gasteiger charge is -2.40. The van der Waals surface area contributed by atoms with Crippen LogP contribution in [0.15, 0.2) is 36.9 Å². The van der Waals surface area contributed by atoms with Crippen LogP contribution in [0.1, 0.15) is 6.04 Å². The number of hydrogen-bond donors (Lipinski definition) is 1. The second-order valence-corrected chi connectivity index (χ2v) is 5.33. The topological polar surface area (TPSA) is 66.3 Å². The molecular weight excluding hydrogens is 268 g/mol. The summed E-state index contributed by atoms with van der Waals surface area (Å²) in [4.78, 5) is 19.7. The molecule has 2 saturated heterocycles. The van der Waals surface area contributed by atoms with Crippen LogP contribution < -0.4 is 15.1 Å². The van der Waals surface area contributed by atoms with Gasteiger partial charge in [0.15, 0.2) is 0 Å². The van der Waals surface area contributed by atoms with Crippen LogP contribution in [0.5, 0.6) is 0 Å². The zero-order chi connectivity index (χ0) is 14.2. The van der Waals surface area contributed by atoms with Crippen LogP contribution in [0.3, 0.4) is 0 Å². The first kappa shape index (κ1) is 12.2. The molecule has 0 unspecified atom stereocenters. The average molecular weight is 284 g/mol. The van der Waals surface area contributed by atoms with Gasteiger partial charge in [-0.15, -0.1) is 0 Å². The monoisotopic (exact) mass is 284 g/mol. The zero-order valence-electron chi connectivity index (χ0n) is 11.5. The van der Waals surface area contributed by atoms with Gasteiger partial charge in [0.25, 0.3) is 0 Å². The van der Waals surface area contributed by atoms with Crippen LogP contribution in [0.25, 0.3) is 0 Å². The van der Waals surface area contributed by atoms with Crippen molar-refractivity contribution in [3.8, 4) is 0 Å². The lowest BCUT2D eigenvalue weighted by atomic mass is 10.1. The highest BCUT2D eigenvalue weighted by Gasteiger charge is 2.30. The lowest BCUT2D eigenvalue weighted by molar-refractivity contribution is 0.252. The van der Waals surface area contributed by atoms with Crippen LogP contribution in [0, 0.1) is 0 Å². The Morgan fingerprint density at radius 2 is 2.00 bits per heavy atom. The van der Waals surface area contributed by atoms with Crippen molar-refractivity contribution in [2.75, 3.05) is 36.0 Å². The molecule has 108 valence electrons. The average Bonchev–Trinajstić information content (AvgIpc) is 3.07. The maximum Gasteiger partial charge on any atom is 0.322 e. The first-order valence-electron chi connectivity index (χ1n) is 7.06. The molecular formula is C14H16N6O. The second-order valence-electron chi connectivity index (χ2n) is 5.33. The SMILES string of the molecule is O=C1NCCN1c1cnn(C2CN(c3ccncc3)C2)c1. The van der Waals surface area contributed by atoms with E-state index in [0.717, 1.165) is 18.8 Å². The fourth-order valence-electron chi connectivity index (χ4n) is 2.77. The van der Waals surface area contributed by atoms with Crippen LogP contribution >= 0.6 is 0 Å². The molecule has 0 aliphatic carbocycles. The molecule has 7 nitrogen and oxygen atoms in total. The highest BCUT2D eigenvalue weighted by Crippen LogP contribution is 2.28. The van der Waals surface area contributed by atoms with Gasteiger partial charge in [-0.3, -0.25) is 14.6 Å². The van der Waals surface area contributed by atoms with Crippen molar-refractivity contribution >= 4 is 17.4 Å². The lowest BCUT2D eigenvalue weighted by Crippen LogP contribution is -2.48. The molecule has 21 heavy (non-hydrogen) atoms. The van der Waals surface area contributed by atoms with Crippen molar-refractivity contribution < 1.29 is 4.79 Å². The molecule has 4 heterocycles. The molecule has 7 heteroatoms. The predicted octanol–water partition coefficient (Wildman–Crippen LogP) is 0.869. The van der Waals surface area contributed by atoms with Crippen molar-refractivity contribution in [1.82, 2.24) is 20.1 Å². The Morgan fingerprint density at radius 1 is 1.19 bits per heavy atom. The highest BCUT2D eigenvalue weighted by atomic mass is 16.2. The summed E-state index contributed by atoms with van der Waals surface area (Å²) in [6.07, 6.45) is 7.33. The Hall–Kier alpha value is -2.57. The molecule has 2 aromatic rings. The number of nitrogens with one attached hydrogen (secondary N) is 1. The van der Waals surface area contributed by atoms with E-state index < -0.39 is 0 Å². The largest absolute Gasteiger partial charge is 0.367 e. The molecule has 2 aliphatic rings. The third-order valence-corrected chi connectivity index (χ3v) is 4.02. The number of amides is 2. The summed E-state index contributed by atoms with van der Waals surface area (Å²) in [5, 5.41) is 7.20. The van der Waals surface area contributed by atoms with E-state index in [1.807, 2.05) is 23.0 Å². The molecule has 0 aromatic carbocycles. The summed E-state index contributed by atoms with van der Waals surface area (Å²) < 4.78 is 1.96. The molecule has 0 atom stereocenters. The first-order valence-corrected chi connectivity index (χ1v) is 7.06. The van der Waals surface area contributed by atoms with Gasteiger partial charge in [-0.25, -0.2) is 4.79 Å². The van der Waals surface area contributed by atoms with E-state index in [4.69, 9.17) is 0 Å². The maximum absolute atomic E-state index is 11.6. The van der Waals surface area contributed by atoms with Gasteiger partial charge in [-0.1, -0.05) is 0 Å². The number of hydrogen-bond acceptors (Lipinski definition) is 4. The van der Waals surface area contributed by atoms with Crippen LogP contribution in [0.2, 0.25) is 0 Å². The fourth-order valence-corrected chi connectivity index (χ4v) is 2.77. The Labute approximate surface area is 122 Å². The number of aromatic nitrogens is 3. The van der Waals surface area contributed by atoms with Gasteiger partial charge in [0.05, 0.1) is 17.9 Å². The smallest absolute Gasteiger partial charge is 0.322 e. The highest BCUT2D eigenvalue weighted by molar-refractivity contribution is 5.93. The summed E-state index contributed by atoms with van der Waals surface area (Å²) in [5.41, 5.74) is 2.06. The van der Waals surface area contributed by atoms with E-state index in [0.29, 0.717) is 19.1 Å². The van der Waals surface area contributed by atoms with Crippen LogP contribution in [0.4, 0.5) is 16.2 Å². The van der Waals surface area contributed by atoms with Crippen molar-refractivity contribution in [2.45, 2.75) is 6.04 Å². The minimum absolute atomic E-state index is 0.0402. The Balaban J connectivity index is 1.43. The van der Waals surface area contributed by atoms with Gasteiger partial charge >= 0.3 is 6.03 Å². The summed E-state index contributed by atoms with van der Waals surface area (Å²) in [6.45, 7) is 3.26. The number of carbonyl (C=O) groups is 1. The number of nitrogens with zero attached hydrogens (tertiary/aromatic N) is 5. The molecule has 0 radical (unpaired) electrons. The summed E-state index contributed by atoms with van der Waals surface area (Å²) in [5.74, 6) is 0. The third-order valence-electron chi connectivity index (χ3n) is 4.02. The maximum atomic E-state index is 11.6. The van der Waals surface area contributed by atoms with E-state index in [9.17, 15) is 4.79 Å². The normalized spacial score (nSPS) is 18.8. The Kier molecular flexibility index (Phi) is 2.77. The molecule has 2 fully saturated rings. The minimum Gasteiger partial charge on any atom is -0.367 e. The molecule has 2 amide bonds. The van der Waals surface area contributed by atoms with Gasteiger partial charge in [-0.2, -0.15) is 5.10 Å². The van der Waals surface area contributed by atoms with Crippen molar-refractivity contribution in [3.63, 3.8) is 0 Å². The summed E-state index contributed by atoms with van der Waals surface area (Å²) in [6, 6.07) is 4.35. The third kappa shape index (κ3) is 2.10. The number of rotatable bonds is 3. The van der Waals surface area contributed by atoms with Crippen LogP contribution in [-0.2, 0) is 0 Å². The van der Waals surface area contributed by atoms with Gasteiger partial charge in [-0.05, 0) is 12.1 Å². The minimum atomic E-state index is -0.0402. The molecule has 0 saturated carbocycles. The van der Waals surface area contributed by atoms with E-state index in [1.54, 1.807) is 23.5 Å². The molecule has 0 spiro atoms. The van der Waals surface area contributed by atoms with E-state index in [-0.39, 0.29) is 6.03 Å². The van der Waals surface area contributed by atoms with E-state index in [1.165, 1.54) is 5.69 Å². The standard InChI is InChI=1S/C14H16N6O/c21-14-16-5-6-19(14)12-7-17-20(10-12)13-8-18(9-13)11-1-3-15-4-2-11/h1-4,7,10,13H,5-6,8-9H2,(H,16,21). The Bertz CT molecular complexity index is 648. The molecule has 2 aliphatic heterocycles. The number of anilines is 2. The predicted molar refractivity (Wildman–Crippen MR) is 78.5 cm³/mol. The zero-order valence-corrected chi connectivity index (χ0v) is 11.5. The van der Waals surface area contributed by atoms with Gasteiger partial charge in [0.2, 0.25) is 0 Å². The van der Waals surface area contributed by atoms with Crippen LogP contribution in [-0.4, -0.2) is 47.0 Å². The molecule has 1 N–H and O–H groups in total. The Morgan fingerprint density at radius 3 is 2.71 bits per heavy atom. The van der Waals surface area contributed by atoms with Gasteiger partial charge in [0.1, 0.15) is 0 Å². The quantitative estimate of drug-likeness (QED) is 0.908. The number of urea groups is 1.